The molecule has 1 N–H and O–H groups in total. The van der Waals surface area contributed by atoms with Crippen LogP contribution in [0.4, 0.5) is 13.2 Å². The Morgan fingerprint density at radius 3 is 2.23 bits per heavy atom. The van der Waals surface area contributed by atoms with Gasteiger partial charge >= 0.3 is 6.18 Å². The Bertz CT molecular complexity index is 191. The van der Waals surface area contributed by atoms with Gasteiger partial charge < -0.3 is 19.7 Å². The van der Waals surface area contributed by atoms with E-state index in [2.05, 4.69) is 4.74 Å². The van der Waals surface area contributed by atoms with Gasteiger partial charge in [-0.1, -0.05) is 0 Å². The van der Waals surface area contributed by atoms with Gasteiger partial charge in [-0.25, -0.2) is 0 Å². The summed E-state index contributed by atoms with van der Waals surface area (Å²) in [4.78, 5) is 9.89. The Hall–Kier alpha value is -0.820. The van der Waals surface area contributed by atoms with Crippen LogP contribution in [-0.4, -0.2) is 29.6 Å². The lowest BCUT2D eigenvalue weighted by Crippen LogP contribution is -2.51. The van der Waals surface area contributed by atoms with Crippen molar-refractivity contribution in [1.29, 1.82) is 0 Å². The van der Waals surface area contributed by atoms with Crippen molar-refractivity contribution in [1.82, 2.24) is 0 Å². The lowest BCUT2D eigenvalue weighted by atomic mass is 10.2. The van der Waals surface area contributed by atoms with Crippen molar-refractivity contribution >= 4 is 5.97 Å². The number of ether oxygens (including phenoxy) is 1. The highest BCUT2D eigenvalue weighted by Crippen LogP contribution is 2.33. The molecule has 1 unspecified atom stereocenters. The van der Waals surface area contributed by atoms with Crippen LogP contribution in [0.25, 0.3) is 0 Å². The van der Waals surface area contributed by atoms with Crippen LogP contribution in [-0.2, 0) is 9.53 Å². The zero-order chi connectivity index (χ0) is 10.7. The molecule has 13 heavy (non-hydrogen) atoms. The molecule has 1 atom stereocenters. The number of carbonyl (C=O) groups is 1. The number of carboxylic acids is 1. The highest BCUT2D eigenvalue weighted by atomic mass is 19.4. The van der Waals surface area contributed by atoms with E-state index < -0.39 is 31.0 Å². The van der Waals surface area contributed by atoms with Crippen LogP contribution in [0.3, 0.4) is 0 Å². The molecule has 0 aliphatic heterocycles. The van der Waals surface area contributed by atoms with Crippen LogP contribution in [0, 0.1) is 0 Å². The van der Waals surface area contributed by atoms with Gasteiger partial charge in [0, 0.05) is 12.6 Å². The van der Waals surface area contributed by atoms with E-state index in [9.17, 15) is 23.1 Å². The number of aliphatic carboxylic acids is 1. The van der Waals surface area contributed by atoms with Crippen molar-refractivity contribution in [3.8, 4) is 0 Å². The fourth-order valence-corrected chi connectivity index (χ4v) is 0.668. The third-order valence-electron chi connectivity index (χ3n) is 1.21. The Morgan fingerprint density at radius 1 is 1.54 bits per heavy atom. The summed E-state index contributed by atoms with van der Waals surface area (Å²) >= 11 is 0. The van der Waals surface area contributed by atoms with Gasteiger partial charge in [-0.2, -0.15) is 13.2 Å². The molecular formula is C6H8F3O4-. The first-order valence-corrected chi connectivity index (χ1v) is 3.36. The second-order valence-electron chi connectivity index (χ2n) is 2.26. The van der Waals surface area contributed by atoms with Gasteiger partial charge in [0.05, 0.1) is 6.42 Å². The predicted molar refractivity (Wildman–Crippen MR) is 32.3 cm³/mol. The Morgan fingerprint density at radius 2 is 2.00 bits per heavy atom. The minimum atomic E-state index is -5.15. The molecule has 0 aromatic rings. The second kappa shape index (κ2) is 3.93. The molecular weight excluding hydrogens is 193 g/mol. The molecule has 78 valence electrons. The normalized spacial score (nSPS) is 16.7. The van der Waals surface area contributed by atoms with E-state index in [1.54, 1.807) is 0 Å². The third kappa shape index (κ3) is 3.19. The molecule has 0 radical (unpaired) electrons. The molecule has 0 amide bonds. The molecule has 0 heterocycles. The molecule has 0 aromatic heterocycles. The number of carboxylic acid groups (broad SMARTS) is 1. The van der Waals surface area contributed by atoms with Crippen LogP contribution < -0.4 is 5.11 Å². The van der Waals surface area contributed by atoms with Crippen molar-refractivity contribution in [2.45, 2.75) is 25.3 Å². The molecule has 7 heteroatoms. The molecule has 0 fully saturated rings. The summed E-state index contributed by atoms with van der Waals surface area (Å²) in [5.74, 6) is -5.69. The van der Waals surface area contributed by atoms with E-state index in [0.717, 1.165) is 0 Å². The lowest BCUT2D eigenvalue weighted by Gasteiger charge is -2.29. The summed E-state index contributed by atoms with van der Waals surface area (Å²) in [5.41, 5.74) is 0. The van der Waals surface area contributed by atoms with Crippen LogP contribution in [0.2, 0.25) is 0 Å². The van der Waals surface area contributed by atoms with Crippen LogP contribution in [0.5, 0.6) is 0 Å². The van der Waals surface area contributed by atoms with E-state index in [4.69, 9.17) is 5.11 Å². The van der Waals surface area contributed by atoms with Crippen molar-refractivity contribution in [3.05, 3.63) is 0 Å². The highest BCUT2D eigenvalue weighted by molar-refractivity contribution is 5.65. The van der Waals surface area contributed by atoms with Crippen LogP contribution >= 0.6 is 0 Å². The minimum absolute atomic E-state index is 0.455. The van der Waals surface area contributed by atoms with E-state index in [1.165, 1.54) is 6.92 Å². The summed E-state index contributed by atoms with van der Waals surface area (Å²) in [6.45, 7) is 0.745. The molecule has 0 bridgehead atoms. The quantitative estimate of drug-likeness (QED) is 0.617. The van der Waals surface area contributed by atoms with Gasteiger partial charge in [-0.3, -0.25) is 0 Å². The van der Waals surface area contributed by atoms with Gasteiger partial charge in [0.25, 0.3) is 5.79 Å². The number of carbonyl (C=O) groups excluding carboxylic acids is 1. The maximum absolute atomic E-state index is 12.0. The van der Waals surface area contributed by atoms with Crippen LogP contribution in [0.1, 0.15) is 13.3 Å². The standard InChI is InChI=1S/C6H9F3O4/c1-2-13-5(12,3-4(10)11)6(7,8)9/h12H,2-3H2,1H3,(H,10,11)/p-1. The Kier molecular flexibility index (Phi) is 3.68. The minimum Gasteiger partial charge on any atom is -0.550 e. The SMILES string of the molecule is CCOC(O)(CC(=O)[O-])C(F)(F)F. The zero-order valence-electron chi connectivity index (χ0n) is 6.72. The summed E-state index contributed by atoms with van der Waals surface area (Å²) in [6.07, 6.45) is -6.78. The van der Waals surface area contributed by atoms with E-state index >= 15 is 0 Å². The number of halogens is 3. The number of aliphatic hydroxyl groups is 1. The molecule has 0 saturated carbocycles. The Balaban J connectivity index is 4.62. The van der Waals surface area contributed by atoms with Gasteiger partial charge in [-0.05, 0) is 6.92 Å². The summed E-state index contributed by atoms with van der Waals surface area (Å²) in [7, 11) is 0. The first-order chi connectivity index (χ1) is 5.73. The summed E-state index contributed by atoms with van der Waals surface area (Å²) < 4.78 is 39.9. The Labute approximate surface area is 71.9 Å². The fourth-order valence-electron chi connectivity index (χ4n) is 0.668. The molecule has 0 aliphatic rings. The highest BCUT2D eigenvalue weighted by Gasteiger charge is 2.55. The zero-order valence-corrected chi connectivity index (χ0v) is 6.72. The number of rotatable bonds is 4. The van der Waals surface area contributed by atoms with Crippen molar-refractivity contribution < 1.29 is 32.9 Å². The number of hydrogen-bond donors (Lipinski definition) is 1. The van der Waals surface area contributed by atoms with Gasteiger partial charge in [0.15, 0.2) is 0 Å². The average Bonchev–Trinajstić information content (AvgIpc) is 1.82. The number of alkyl halides is 3. The third-order valence-corrected chi connectivity index (χ3v) is 1.21. The number of hydrogen-bond acceptors (Lipinski definition) is 4. The van der Waals surface area contributed by atoms with Gasteiger partial charge in [0.1, 0.15) is 0 Å². The van der Waals surface area contributed by atoms with Gasteiger partial charge in [0.2, 0.25) is 0 Å². The van der Waals surface area contributed by atoms with Crippen molar-refractivity contribution in [2.75, 3.05) is 6.61 Å². The first-order valence-electron chi connectivity index (χ1n) is 3.36. The predicted octanol–water partition coefficient (Wildman–Crippen LogP) is -0.586. The van der Waals surface area contributed by atoms with E-state index in [1.807, 2.05) is 0 Å². The average molecular weight is 201 g/mol. The largest absolute Gasteiger partial charge is 0.550 e. The molecule has 0 spiro atoms. The molecule has 0 saturated heterocycles. The maximum atomic E-state index is 12.0. The molecule has 4 nitrogen and oxygen atoms in total. The first kappa shape index (κ1) is 12.2. The maximum Gasteiger partial charge on any atom is 0.443 e. The molecule has 0 aliphatic carbocycles. The van der Waals surface area contributed by atoms with E-state index in [0.29, 0.717) is 0 Å². The lowest BCUT2D eigenvalue weighted by molar-refractivity contribution is -0.378. The van der Waals surface area contributed by atoms with E-state index in [-0.39, 0.29) is 0 Å². The molecule has 0 rings (SSSR count). The van der Waals surface area contributed by atoms with Crippen molar-refractivity contribution in [2.24, 2.45) is 0 Å². The smallest absolute Gasteiger partial charge is 0.443 e. The fraction of sp³-hybridized carbons (Fsp3) is 0.833. The monoisotopic (exact) mass is 201 g/mol. The van der Waals surface area contributed by atoms with Gasteiger partial charge in [-0.15, -0.1) is 0 Å². The van der Waals surface area contributed by atoms with Crippen LogP contribution in [0.15, 0.2) is 0 Å². The summed E-state index contributed by atoms with van der Waals surface area (Å²) in [6, 6.07) is 0. The summed E-state index contributed by atoms with van der Waals surface area (Å²) in [5, 5.41) is 18.6. The molecule has 0 aromatic carbocycles. The van der Waals surface area contributed by atoms with Crippen molar-refractivity contribution in [3.63, 3.8) is 0 Å². The topological polar surface area (TPSA) is 69.6 Å². The second-order valence-corrected chi connectivity index (χ2v) is 2.26.